The first-order chi connectivity index (χ1) is 9.54. The van der Waals surface area contributed by atoms with Crippen molar-refractivity contribution in [2.75, 3.05) is 5.73 Å². The number of nitrogen functional groups attached to an aromatic ring is 1. The molecule has 0 fully saturated rings. The molecular formula is C14H12N4O2. The molecule has 0 unspecified atom stereocenters. The number of nitrogens with two attached hydrogens (primary N) is 1. The van der Waals surface area contributed by atoms with Gasteiger partial charge in [0.15, 0.2) is 0 Å². The van der Waals surface area contributed by atoms with Gasteiger partial charge in [-0.05, 0) is 30.7 Å². The van der Waals surface area contributed by atoms with Crippen LogP contribution >= 0.6 is 0 Å². The van der Waals surface area contributed by atoms with Crippen molar-refractivity contribution < 1.29 is 4.92 Å². The lowest BCUT2D eigenvalue weighted by atomic mass is 10.1. The van der Waals surface area contributed by atoms with Crippen LogP contribution in [0.25, 0.3) is 22.4 Å². The zero-order valence-electron chi connectivity index (χ0n) is 10.8. The number of nitro benzene ring substituents is 1. The van der Waals surface area contributed by atoms with E-state index in [4.69, 9.17) is 5.73 Å². The van der Waals surface area contributed by atoms with Crippen LogP contribution in [0.3, 0.4) is 0 Å². The Morgan fingerprint density at radius 2 is 2.05 bits per heavy atom. The third-order valence-corrected chi connectivity index (χ3v) is 3.14. The Bertz CT molecular complexity index is 823. The zero-order valence-corrected chi connectivity index (χ0v) is 10.8. The summed E-state index contributed by atoms with van der Waals surface area (Å²) in [7, 11) is 0. The number of H-pyrrole nitrogens is 1. The van der Waals surface area contributed by atoms with Gasteiger partial charge in [-0.15, -0.1) is 0 Å². The van der Waals surface area contributed by atoms with E-state index < -0.39 is 4.92 Å². The van der Waals surface area contributed by atoms with Crippen LogP contribution in [0, 0.1) is 17.0 Å². The zero-order chi connectivity index (χ0) is 14.3. The molecule has 1 heterocycles. The van der Waals surface area contributed by atoms with Gasteiger partial charge in [-0.1, -0.05) is 6.07 Å². The molecule has 6 heteroatoms. The minimum absolute atomic E-state index is 0.0294. The van der Waals surface area contributed by atoms with Crippen LogP contribution < -0.4 is 5.73 Å². The molecule has 0 atom stereocenters. The second-order valence-corrected chi connectivity index (χ2v) is 4.63. The molecule has 0 bridgehead atoms. The molecule has 0 aliphatic rings. The Kier molecular flexibility index (Phi) is 2.64. The number of nitro groups is 1. The Morgan fingerprint density at radius 1 is 1.25 bits per heavy atom. The number of nitrogens with zero attached hydrogens (tertiary/aromatic N) is 2. The van der Waals surface area contributed by atoms with Crippen molar-refractivity contribution in [3.8, 4) is 11.4 Å². The number of rotatable bonds is 2. The third-order valence-electron chi connectivity index (χ3n) is 3.14. The summed E-state index contributed by atoms with van der Waals surface area (Å²) in [6.07, 6.45) is 0. The maximum Gasteiger partial charge on any atom is 0.271 e. The van der Waals surface area contributed by atoms with Crippen LogP contribution in [-0.2, 0) is 0 Å². The summed E-state index contributed by atoms with van der Waals surface area (Å²) in [6.45, 7) is 2.00. The predicted octanol–water partition coefficient (Wildman–Crippen LogP) is 3.03. The first-order valence-electron chi connectivity index (χ1n) is 6.05. The highest BCUT2D eigenvalue weighted by molar-refractivity contribution is 5.83. The summed E-state index contributed by atoms with van der Waals surface area (Å²) in [5, 5.41) is 10.7. The molecule has 100 valence electrons. The molecule has 0 radical (unpaired) electrons. The Morgan fingerprint density at radius 3 is 2.75 bits per heavy atom. The van der Waals surface area contributed by atoms with Gasteiger partial charge in [0.1, 0.15) is 5.82 Å². The SMILES string of the molecule is Cc1ccc2nc(-c3ccc([N+](=O)[O-])cc3N)[nH]c2c1. The fourth-order valence-electron chi connectivity index (χ4n) is 2.13. The van der Waals surface area contributed by atoms with Crippen molar-refractivity contribution >= 4 is 22.4 Å². The number of aryl methyl sites for hydroxylation is 1. The quantitative estimate of drug-likeness (QED) is 0.424. The number of non-ortho nitro benzene ring substituents is 1. The van der Waals surface area contributed by atoms with E-state index in [1.54, 1.807) is 6.07 Å². The van der Waals surface area contributed by atoms with Crippen molar-refractivity contribution in [3.63, 3.8) is 0 Å². The normalized spacial score (nSPS) is 10.8. The molecule has 0 spiro atoms. The van der Waals surface area contributed by atoms with Gasteiger partial charge in [-0.25, -0.2) is 4.98 Å². The minimum Gasteiger partial charge on any atom is -0.398 e. The molecule has 2 aromatic carbocycles. The van der Waals surface area contributed by atoms with Gasteiger partial charge in [-0.2, -0.15) is 0 Å². The second-order valence-electron chi connectivity index (χ2n) is 4.63. The Hall–Kier alpha value is -2.89. The molecule has 0 saturated carbocycles. The summed E-state index contributed by atoms with van der Waals surface area (Å²) in [6, 6.07) is 10.3. The molecule has 0 aliphatic heterocycles. The molecule has 0 saturated heterocycles. The van der Waals surface area contributed by atoms with Crippen LogP contribution in [-0.4, -0.2) is 14.9 Å². The van der Waals surface area contributed by atoms with E-state index in [-0.39, 0.29) is 5.69 Å². The van der Waals surface area contributed by atoms with E-state index >= 15 is 0 Å². The Labute approximate surface area is 114 Å². The maximum absolute atomic E-state index is 10.7. The number of fused-ring (bicyclic) bond motifs is 1. The third kappa shape index (κ3) is 1.97. The fraction of sp³-hybridized carbons (Fsp3) is 0.0714. The highest BCUT2D eigenvalue weighted by Gasteiger charge is 2.12. The van der Waals surface area contributed by atoms with Crippen LogP contribution in [0.5, 0.6) is 0 Å². The van der Waals surface area contributed by atoms with E-state index in [0.717, 1.165) is 16.6 Å². The number of imidazole rings is 1. The summed E-state index contributed by atoms with van der Waals surface area (Å²) < 4.78 is 0. The second kappa shape index (κ2) is 4.34. The highest BCUT2D eigenvalue weighted by Crippen LogP contribution is 2.29. The van der Waals surface area contributed by atoms with Crippen molar-refractivity contribution in [2.45, 2.75) is 6.92 Å². The lowest BCUT2D eigenvalue weighted by Gasteiger charge is -2.01. The summed E-state index contributed by atoms with van der Waals surface area (Å²) in [5.41, 5.74) is 9.71. The molecule has 3 N–H and O–H groups in total. The summed E-state index contributed by atoms with van der Waals surface area (Å²) in [5.74, 6) is 0.609. The van der Waals surface area contributed by atoms with Gasteiger partial charge in [-0.3, -0.25) is 10.1 Å². The molecule has 0 amide bonds. The molecule has 3 aromatic rings. The fourth-order valence-corrected chi connectivity index (χ4v) is 2.13. The van der Waals surface area contributed by atoms with E-state index in [1.165, 1.54) is 12.1 Å². The topological polar surface area (TPSA) is 97.8 Å². The molecule has 0 aliphatic carbocycles. The highest BCUT2D eigenvalue weighted by atomic mass is 16.6. The van der Waals surface area contributed by atoms with E-state index in [2.05, 4.69) is 9.97 Å². The largest absolute Gasteiger partial charge is 0.398 e. The summed E-state index contributed by atoms with van der Waals surface area (Å²) in [4.78, 5) is 17.9. The number of hydrogen-bond donors (Lipinski definition) is 2. The Balaban J connectivity index is 2.13. The maximum atomic E-state index is 10.7. The van der Waals surface area contributed by atoms with Crippen molar-refractivity contribution in [2.24, 2.45) is 0 Å². The number of aromatic nitrogens is 2. The smallest absolute Gasteiger partial charge is 0.271 e. The van der Waals surface area contributed by atoms with Crippen molar-refractivity contribution in [1.82, 2.24) is 9.97 Å². The number of nitrogens with one attached hydrogen (secondary N) is 1. The number of hydrogen-bond acceptors (Lipinski definition) is 4. The standard InChI is InChI=1S/C14H12N4O2/c1-8-2-5-12-13(6-8)17-14(16-12)10-4-3-9(18(19)20)7-11(10)15/h2-7H,15H2,1H3,(H,16,17). The molecular weight excluding hydrogens is 256 g/mol. The minimum atomic E-state index is -0.470. The van der Waals surface area contributed by atoms with Crippen molar-refractivity contribution in [3.05, 3.63) is 52.1 Å². The molecule has 3 rings (SSSR count). The average Bonchev–Trinajstić information content (AvgIpc) is 2.80. The van der Waals surface area contributed by atoms with Crippen LogP contribution in [0.4, 0.5) is 11.4 Å². The van der Waals surface area contributed by atoms with E-state index in [0.29, 0.717) is 17.1 Å². The van der Waals surface area contributed by atoms with Gasteiger partial charge in [0, 0.05) is 23.4 Å². The molecule has 1 aromatic heterocycles. The van der Waals surface area contributed by atoms with Gasteiger partial charge in [0.25, 0.3) is 5.69 Å². The first-order valence-corrected chi connectivity index (χ1v) is 6.05. The van der Waals surface area contributed by atoms with Crippen LogP contribution in [0.1, 0.15) is 5.56 Å². The van der Waals surface area contributed by atoms with Gasteiger partial charge < -0.3 is 10.7 Å². The van der Waals surface area contributed by atoms with Crippen molar-refractivity contribution in [1.29, 1.82) is 0 Å². The average molecular weight is 268 g/mol. The predicted molar refractivity (Wildman–Crippen MR) is 77.3 cm³/mol. The van der Waals surface area contributed by atoms with Crippen LogP contribution in [0.2, 0.25) is 0 Å². The molecule has 20 heavy (non-hydrogen) atoms. The monoisotopic (exact) mass is 268 g/mol. The lowest BCUT2D eigenvalue weighted by molar-refractivity contribution is -0.384. The number of benzene rings is 2. The van der Waals surface area contributed by atoms with Crippen LogP contribution in [0.15, 0.2) is 36.4 Å². The summed E-state index contributed by atoms with van der Waals surface area (Å²) >= 11 is 0. The van der Waals surface area contributed by atoms with E-state index in [9.17, 15) is 10.1 Å². The number of aromatic amines is 1. The lowest BCUT2D eigenvalue weighted by Crippen LogP contribution is -1.94. The van der Waals surface area contributed by atoms with E-state index in [1.807, 2.05) is 25.1 Å². The van der Waals surface area contributed by atoms with Gasteiger partial charge >= 0.3 is 0 Å². The molecule has 6 nitrogen and oxygen atoms in total. The first kappa shape index (κ1) is 12.2. The van der Waals surface area contributed by atoms with Gasteiger partial charge in [0.05, 0.1) is 16.0 Å². The number of anilines is 1. The van der Waals surface area contributed by atoms with Gasteiger partial charge in [0.2, 0.25) is 0 Å².